The molecule has 1 saturated heterocycles. The quantitative estimate of drug-likeness (QED) is 0.770. The largest absolute Gasteiger partial charge is 0.376 e. The Labute approximate surface area is 94.0 Å². The number of nitrogens with two attached hydrogens (primary N) is 1. The van der Waals surface area contributed by atoms with E-state index in [0.29, 0.717) is 6.10 Å². The number of nitrogens with zero attached hydrogens (tertiary/aromatic N) is 1. The van der Waals surface area contributed by atoms with Gasteiger partial charge in [-0.3, -0.25) is 4.90 Å². The van der Waals surface area contributed by atoms with E-state index in [9.17, 15) is 0 Å². The summed E-state index contributed by atoms with van der Waals surface area (Å²) in [6.07, 6.45) is 1.53. The summed E-state index contributed by atoms with van der Waals surface area (Å²) in [5, 5.41) is 0. The molecule has 2 atom stereocenters. The number of rotatable bonds is 4. The van der Waals surface area contributed by atoms with Gasteiger partial charge in [0.15, 0.2) is 0 Å². The van der Waals surface area contributed by atoms with Crippen LogP contribution in [0.25, 0.3) is 0 Å². The van der Waals surface area contributed by atoms with E-state index in [1.54, 1.807) is 0 Å². The van der Waals surface area contributed by atoms with Crippen LogP contribution in [0.1, 0.15) is 34.1 Å². The predicted molar refractivity (Wildman–Crippen MR) is 63.9 cm³/mol. The first kappa shape index (κ1) is 12.9. The molecule has 0 spiro atoms. The van der Waals surface area contributed by atoms with Crippen LogP contribution < -0.4 is 5.73 Å². The Morgan fingerprint density at radius 2 is 2.20 bits per heavy atom. The van der Waals surface area contributed by atoms with Crippen molar-refractivity contribution in [2.45, 2.75) is 46.3 Å². The SMILES string of the molecule is CCC1CN(CC(C)(C)C(C)N)CCO1. The third kappa shape index (κ3) is 3.74. The molecular formula is C12H26N2O. The molecule has 0 aliphatic carbocycles. The van der Waals surface area contributed by atoms with Crippen LogP contribution in [0.3, 0.4) is 0 Å². The van der Waals surface area contributed by atoms with Crippen LogP contribution >= 0.6 is 0 Å². The summed E-state index contributed by atoms with van der Waals surface area (Å²) in [6, 6.07) is 0.237. The van der Waals surface area contributed by atoms with Gasteiger partial charge in [-0.15, -0.1) is 0 Å². The highest BCUT2D eigenvalue weighted by molar-refractivity contribution is 4.83. The zero-order valence-electron chi connectivity index (χ0n) is 10.6. The minimum atomic E-state index is 0.190. The second-order valence-corrected chi connectivity index (χ2v) is 5.41. The molecule has 3 nitrogen and oxygen atoms in total. The average Bonchev–Trinajstić information content (AvgIpc) is 2.17. The van der Waals surface area contributed by atoms with Crippen LogP contribution in [0.15, 0.2) is 0 Å². The lowest BCUT2D eigenvalue weighted by Gasteiger charge is -2.39. The van der Waals surface area contributed by atoms with E-state index >= 15 is 0 Å². The standard InChI is InChI=1S/C12H26N2O/c1-5-11-8-14(6-7-15-11)9-12(3,4)10(2)13/h10-11H,5-9,13H2,1-4H3. The van der Waals surface area contributed by atoms with E-state index in [2.05, 4.69) is 32.6 Å². The van der Waals surface area contributed by atoms with Gasteiger partial charge in [0.05, 0.1) is 12.7 Å². The summed E-state index contributed by atoms with van der Waals surface area (Å²) in [5.41, 5.74) is 6.19. The predicted octanol–water partition coefficient (Wildman–Crippen LogP) is 1.47. The highest BCUT2D eigenvalue weighted by Gasteiger charge is 2.28. The van der Waals surface area contributed by atoms with Crippen LogP contribution in [-0.4, -0.2) is 43.3 Å². The smallest absolute Gasteiger partial charge is 0.0700 e. The monoisotopic (exact) mass is 214 g/mol. The fraction of sp³-hybridized carbons (Fsp3) is 1.00. The third-order valence-electron chi connectivity index (χ3n) is 3.54. The molecule has 0 aromatic rings. The summed E-state index contributed by atoms with van der Waals surface area (Å²) in [4.78, 5) is 2.49. The zero-order valence-corrected chi connectivity index (χ0v) is 10.6. The van der Waals surface area contributed by atoms with Gasteiger partial charge in [0.2, 0.25) is 0 Å². The van der Waals surface area contributed by atoms with Crippen LogP contribution in [-0.2, 0) is 4.74 Å². The molecule has 0 saturated carbocycles. The van der Waals surface area contributed by atoms with Gasteiger partial charge >= 0.3 is 0 Å². The summed E-state index contributed by atoms with van der Waals surface area (Å²) in [5.74, 6) is 0. The molecule has 2 unspecified atom stereocenters. The Balaban J connectivity index is 2.44. The van der Waals surface area contributed by atoms with E-state index in [-0.39, 0.29) is 11.5 Å². The Bertz CT molecular complexity index is 192. The first-order chi connectivity index (χ1) is 6.95. The van der Waals surface area contributed by atoms with Crippen LogP contribution in [0.4, 0.5) is 0 Å². The molecule has 1 heterocycles. The van der Waals surface area contributed by atoms with Gasteiger partial charge in [0.25, 0.3) is 0 Å². The molecule has 0 amide bonds. The molecule has 0 aromatic heterocycles. The molecule has 2 N–H and O–H groups in total. The van der Waals surface area contributed by atoms with E-state index in [1.165, 1.54) is 0 Å². The highest BCUT2D eigenvalue weighted by atomic mass is 16.5. The molecule has 1 rings (SSSR count). The first-order valence-electron chi connectivity index (χ1n) is 6.05. The van der Waals surface area contributed by atoms with Crippen LogP contribution in [0.2, 0.25) is 0 Å². The maximum Gasteiger partial charge on any atom is 0.0700 e. The molecular weight excluding hydrogens is 188 g/mol. The molecule has 90 valence electrons. The third-order valence-corrected chi connectivity index (χ3v) is 3.54. The van der Waals surface area contributed by atoms with Crippen molar-refractivity contribution >= 4 is 0 Å². The Hall–Kier alpha value is -0.120. The van der Waals surface area contributed by atoms with Crippen molar-refractivity contribution in [2.24, 2.45) is 11.1 Å². The fourth-order valence-electron chi connectivity index (χ4n) is 1.89. The summed E-state index contributed by atoms with van der Waals surface area (Å²) in [7, 11) is 0. The van der Waals surface area contributed by atoms with Crippen molar-refractivity contribution in [1.82, 2.24) is 4.90 Å². The topological polar surface area (TPSA) is 38.5 Å². The molecule has 15 heavy (non-hydrogen) atoms. The summed E-state index contributed by atoms with van der Waals surface area (Å²) >= 11 is 0. The van der Waals surface area contributed by atoms with Gasteiger partial charge in [0.1, 0.15) is 0 Å². The van der Waals surface area contributed by atoms with E-state index in [4.69, 9.17) is 10.5 Å². The normalized spacial score (nSPS) is 26.6. The van der Waals surface area contributed by atoms with Crippen molar-refractivity contribution < 1.29 is 4.74 Å². The molecule has 1 aliphatic rings. The van der Waals surface area contributed by atoms with Crippen molar-refractivity contribution in [2.75, 3.05) is 26.2 Å². The van der Waals surface area contributed by atoms with Gasteiger partial charge in [-0.2, -0.15) is 0 Å². The van der Waals surface area contributed by atoms with Gasteiger partial charge in [-0.25, -0.2) is 0 Å². The van der Waals surface area contributed by atoms with Crippen LogP contribution in [0, 0.1) is 5.41 Å². The summed E-state index contributed by atoms with van der Waals surface area (Å²) < 4.78 is 5.66. The number of hydrogen-bond donors (Lipinski definition) is 1. The Morgan fingerprint density at radius 1 is 1.53 bits per heavy atom. The fourth-order valence-corrected chi connectivity index (χ4v) is 1.89. The maximum atomic E-state index is 6.00. The number of hydrogen-bond acceptors (Lipinski definition) is 3. The first-order valence-corrected chi connectivity index (χ1v) is 6.05. The Kier molecular flexibility index (Phi) is 4.56. The average molecular weight is 214 g/mol. The second-order valence-electron chi connectivity index (χ2n) is 5.41. The van der Waals surface area contributed by atoms with Crippen molar-refractivity contribution in [1.29, 1.82) is 0 Å². The van der Waals surface area contributed by atoms with Gasteiger partial charge in [0, 0.05) is 25.7 Å². The molecule has 3 heteroatoms. The molecule has 0 radical (unpaired) electrons. The molecule has 1 aliphatic heterocycles. The minimum absolute atomic E-state index is 0.190. The lowest BCUT2D eigenvalue weighted by atomic mass is 9.85. The van der Waals surface area contributed by atoms with Gasteiger partial charge in [-0.05, 0) is 18.8 Å². The Morgan fingerprint density at radius 3 is 2.73 bits per heavy atom. The lowest BCUT2D eigenvalue weighted by molar-refractivity contribution is -0.0411. The van der Waals surface area contributed by atoms with Crippen LogP contribution in [0.5, 0.6) is 0 Å². The molecule has 0 aromatic carbocycles. The van der Waals surface area contributed by atoms with Crippen molar-refractivity contribution in [3.05, 3.63) is 0 Å². The van der Waals surface area contributed by atoms with E-state index in [1.807, 2.05) is 0 Å². The lowest BCUT2D eigenvalue weighted by Crippen LogP contribution is -2.50. The molecule has 0 bridgehead atoms. The number of ether oxygens (including phenoxy) is 1. The zero-order chi connectivity index (χ0) is 11.5. The van der Waals surface area contributed by atoms with E-state index < -0.39 is 0 Å². The molecule has 1 fully saturated rings. The number of morpholine rings is 1. The van der Waals surface area contributed by atoms with Crippen molar-refractivity contribution in [3.63, 3.8) is 0 Å². The van der Waals surface area contributed by atoms with Gasteiger partial charge < -0.3 is 10.5 Å². The maximum absolute atomic E-state index is 6.00. The summed E-state index contributed by atoms with van der Waals surface area (Å²) in [6.45, 7) is 12.8. The van der Waals surface area contributed by atoms with E-state index in [0.717, 1.165) is 32.7 Å². The second kappa shape index (κ2) is 5.28. The minimum Gasteiger partial charge on any atom is -0.376 e. The van der Waals surface area contributed by atoms with Crippen molar-refractivity contribution in [3.8, 4) is 0 Å². The van der Waals surface area contributed by atoms with Gasteiger partial charge in [-0.1, -0.05) is 20.8 Å². The highest BCUT2D eigenvalue weighted by Crippen LogP contribution is 2.22.